The van der Waals surface area contributed by atoms with E-state index in [2.05, 4.69) is 11.9 Å². The van der Waals surface area contributed by atoms with Gasteiger partial charge in [0.05, 0.1) is 7.11 Å². The second-order valence-electron chi connectivity index (χ2n) is 6.59. The van der Waals surface area contributed by atoms with E-state index in [9.17, 15) is 14.4 Å². The van der Waals surface area contributed by atoms with E-state index >= 15 is 0 Å². The van der Waals surface area contributed by atoms with Gasteiger partial charge in [-0.1, -0.05) is 30.8 Å². The van der Waals surface area contributed by atoms with Crippen LogP contribution in [0.5, 0.6) is 0 Å². The molecule has 6 nitrogen and oxygen atoms in total. The topological polar surface area (TPSA) is 75.7 Å². The van der Waals surface area contributed by atoms with Gasteiger partial charge < -0.3 is 15.0 Å². The molecule has 0 radical (unpaired) electrons. The zero-order valence-electron chi connectivity index (χ0n) is 15.9. The molecule has 6 heteroatoms. The first-order valence-corrected chi connectivity index (χ1v) is 8.97. The number of rotatable bonds is 4. The zero-order valence-corrected chi connectivity index (χ0v) is 15.9. The Morgan fingerprint density at radius 3 is 2.68 bits per heavy atom. The molecule has 1 heterocycles. The Morgan fingerprint density at radius 2 is 1.96 bits per heavy atom. The van der Waals surface area contributed by atoms with E-state index in [1.807, 2.05) is 25.1 Å². The maximum absolute atomic E-state index is 13.2. The molecule has 0 saturated heterocycles. The molecule has 0 spiro atoms. The molecule has 1 aliphatic heterocycles. The van der Waals surface area contributed by atoms with Crippen molar-refractivity contribution in [2.75, 3.05) is 19.0 Å². The average Bonchev–Trinajstić information content (AvgIpc) is 2.72. The van der Waals surface area contributed by atoms with Gasteiger partial charge in [-0.3, -0.25) is 9.59 Å². The summed E-state index contributed by atoms with van der Waals surface area (Å²) in [7, 11) is 1.32. The minimum atomic E-state index is -0.799. The van der Waals surface area contributed by atoms with Crippen molar-refractivity contribution < 1.29 is 19.1 Å². The predicted molar refractivity (Wildman–Crippen MR) is 106 cm³/mol. The summed E-state index contributed by atoms with van der Waals surface area (Å²) < 4.78 is 4.99. The highest BCUT2D eigenvalue weighted by atomic mass is 16.5. The number of nitrogens with zero attached hydrogens (tertiary/aromatic N) is 1. The first-order valence-electron chi connectivity index (χ1n) is 8.97. The van der Waals surface area contributed by atoms with Crippen LogP contribution < -0.4 is 5.32 Å². The van der Waals surface area contributed by atoms with Crippen LogP contribution in [0.15, 0.2) is 55.1 Å². The van der Waals surface area contributed by atoms with Crippen molar-refractivity contribution in [1.29, 1.82) is 0 Å². The molecule has 1 atom stereocenters. The summed E-state index contributed by atoms with van der Waals surface area (Å²) in [5, 5.41) is 2.64. The number of ether oxygens (including phenoxy) is 1. The normalized spacial score (nSPS) is 15.4. The van der Waals surface area contributed by atoms with E-state index < -0.39 is 12.0 Å². The standard InChI is InChI=1S/C22H22N2O4/c1-4-19(25)23-16-9-6-8-15(13-16)21(26)24-12-11-17-14(2)7-5-10-18(17)20(24)22(27)28-3/h4-10,13,20H,1,11-12H2,2-3H3,(H,23,25). The van der Waals surface area contributed by atoms with Crippen LogP contribution in [-0.2, 0) is 20.7 Å². The Kier molecular flexibility index (Phi) is 5.59. The number of aryl methyl sites for hydroxylation is 1. The summed E-state index contributed by atoms with van der Waals surface area (Å²) in [6.45, 7) is 5.82. The third-order valence-corrected chi connectivity index (χ3v) is 4.90. The second-order valence-corrected chi connectivity index (χ2v) is 6.59. The monoisotopic (exact) mass is 378 g/mol. The summed E-state index contributed by atoms with van der Waals surface area (Å²) in [4.78, 5) is 38.8. The predicted octanol–water partition coefficient (Wildman–Crippen LogP) is 3.03. The van der Waals surface area contributed by atoms with Crippen molar-refractivity contribution >= 4 is 23.5 Å². The lowest BCUT2D eigenvalue weighted by atomic mass is 9.89. The molecule has 0 bridgehead atoms. The highest BCUT2D eigenvalue weighted by molar-refractivity contribution is 6.01. The Labute approximate surface area is 163 Å². The first-order chi connectivity index (χ1) is 13.5. The number of amides is 2. The molecule has 0 fully saturated rings. The molecule has 2 amide bonds. The molecule has 0 aliphatic carbocycles. The maximum Gasteiger partial charge on any atom is 0.333 e. The SMILES string of the molecule is C=CC(=O)Nc1cccc(C(=O)N2CCc3c(C)cccc3C2C(=O)OC)c1. The minimum absolute atomic E-state index is 0.294. The average molecular weight is 378 g/mol. The first kappa shape index (κ1) is 19.4. The summed E-state index contributed by atoms with van der Waals surface area (Å²) in [6, 6.07) is 11.6. The summed E-state index contributed by atoms with van der Waals surface area (Å²) >= 11 is 0. The summed E-state index contributed by atoms with van der Waals surface area (Å²) in [6.07, 6.45) is 1.82. The number of benzene rings is 2. The summed E-state index contributed by atoms with van der Waals surface area (Å²) in [5.41, 5.74) is 3.83. The van der Waals surface area contributed by atoms with Gasteiger partial charge in [0.2, 0.25) is 5.91 Å². The third-order valence-electron chi connectivity index (χ3n) is 4.90. The zero-order chi connectivity index (χ0) is 20.3. The van der Waals surface area contributed by atoms with Gasteiger partial charge in [-0.2, -0.15) is 0 Å². The summed E-state index contributed by atoms with van der Waals surface area (Å²) in [5.74, 6) is -1.13. The number of methoxy groups -OCH3 is 1. The molecule has 0 saturated carbocycles. The van der Waals surface area contributed by atoms with Crippen molar-refractivity contribution in [2.45, 2.75) is 19.4 Å². The molecular weight excluding hydrogens is 356 g/mol. The van der Waals surface area contributed by atoms with E-state index in [1.54, 1.807) is 24.3 Å². The van der Waals surface area contributed by atoms with Gasteiger partial charge in [0.25, 0.3) is 5.91 Å². The van der Waals surface area contributed by atoms with Crippen LogP contribution >= 0.6 is 0 Å². The molecule has 1 aliphatic rings. The van der Waals surface area contributed by atoms with Crippen molar-refractivity contribution in [3.8, 4) is 0 Å². The van der Waals surface area contributed by atoms with Crippen LogP contribution in [0.3, 0.4) is 0 Å². The van der Waals surface area contributed by atoms with Crippen molar-refractivity contribution in [2.24, 2.45) is 0 Å². The van der Waals surface area contributed by atoms with Gasteiger partial charge in [0, 0.05) is 17.8 Å². The molecular formula is C22H22N2O4. The van der Waals surface area contributed by atoms with E-state index in [0.29, 0.717) is 24.2 Å². The highest BCUT2D eigenvalue weighted by Gasteiger charge is 2.37. The Balaban J connectivity index is 1.97. The van der Waals surface area contributed by atoms with Gasteiger partial charge in [0.1, 0.15) is 0 Å². The number of hydrogen-bond acceptors (Lipinski definition) is 4. The number of esters is 1. The molecule has 3 rings (SSSR count). The van der Waals surface area contributed by atoms with Gasteiger partial charge in [-0.15, -0.1) is 0 Å². The molecule has 2 aromatic rings. The number of carbonyl (C=O) groups excluding carboxylic acids is 3. The van der Waals surface area contributed by atoms with Crippen LogP contribution in [0.2, 0.25) is 0 Å². The Hall–Kier alpha value is -3.41. The number of fused-ring (bicyclic) bond motifs is 1. The van der Waals surface area contributed by atoms with Crippen molar-refractivity contribution in [3.63, 3.8) is 0 Å². The lowest BCUT2D eigenvalue weighted by Crippen LogP contribution is -2.44. The van der Waals surface area contributed by atoms with Crippen LogP contribution in [0.1, 0.15) is 33.1 Å². The van der Waals surface area contributed by atoms with Gasteiger partial charge in [-0.05, 0) is 54.3 Å². The molecule has 28 heavy (non-hydrogen) atoms. The number of carbonyl (C=O) groups is 3. The fourth-order valence-corrected chi connectivity index (χ4v) is 3.53. The van der Waals surface area contributed by atoms with E-state index in [0.717, 1.165) is 22.8 Å². The van der Waals surface area contributed by atoms with Crippen LogP contribution in [0.25, 0.3) is 0 Å². The van der Waals surface area contributed by atoms with Gasteiger partial charge in [-0.25, -0.2) is 4.79 Å². The smallest absolute Gasteiger partial charge is 0.333 e. The lowest BCUT2D eigenvalue weighted by Gasteiger charge is -2.36. The van der Waals surface area contributed by atoms with Gasteiger partial charge in [0.15, 0.2) is 6.04 Å². The third kappa shape index (κ3) is 3.67. The molecule has 2 aromatic carbocycles. The molecule has 0 aromatic heterocycles. The van der Waals surface area contributed by atoms with Crippen molar-refractivity contribution in [1.82, 2.24) is 4.90 Å². The van der Waals surface area contributed by atoms with Gasteiger partial charge >= 0.3 is 5.97 Å². The van der Waals surface area contributed by atoms with Crippen LogP contribution in [0, 0.1) is 6.92 Å². The largest absolute Gasteiger partial charge is 0.467 e. The number of hydrogen-bond donors (Lipinski definition) is 1. The van der Waals surface area contributed by atoms with E-state index in [1.165, 1.54) is 12.0 Å². The Morgan fingerprint density at radius 1 is 1.21 bits per heavy atom. The van der Waals surface area contributed by atoms with E-state index in [-0.39, 0.29) is 11.8 Å². The van der Waals surface area contributed by atoms with E-state index in [4.69, 9.17) is 4.74 Å². The number of anilines is 1. The van der Waals surface area contributed by atoms with Crippen molar-refractivity contribution in [3.05, 3.63) is 77.4 Å². The fraction of sp³-hybridized carbons (Fsp3) is 0.227. The molecule has 1 unspecified atom stereocenters. The minimum Gasteiger partial charge on any atom is -0.467 e. The highest BCUT2D eigenvalue weighted by Crippen LogP contribution is 2.33. The quantitative estimate of drug-likeness (QED) is 0.655. The lowest BCUT2D eigenvalue weighted by molar-refractivity contribution is -0.146. The fourth-order valence-electron chi connectivity index (χ4n) is 3.53. The van der Waals surface area contributed by atoms with Crippen LogP contribution in [0.4, 0.5) is 5.69 Å². The molecule has 1 N–H and O–H groups in total. The second kappa shape index (κ2) is 8.08. The molecule has 144 valence electrons. The number of nitrogens with one attached hydrogen (secondary N) is 1. The maximum atomic E-state index is 13.2. The Bertz CT molecular complexity index is 951. The van der Waals surface area contributed by atoms with Crippen LogP contribution in [-0.4, -0.2) is 36.3 Å².